The second-order valence-corrected chi connectivity index (χ2v) is 3.72. The Kier molecular flexibility index (Phi) is 8.06. The molecule has 0 heterocycles. The zero-order chi connectivity index (χ0) is 11.7. The van der Waals surface area contributed by atoms with E-state index in [-0.39, 0.29) is 26.0 Å². The first-order chi connectivity index (χ1) is 7.13. The van der Waals surface area contributed by atoms with Crippen LogP contribution < -0.4 is 4.72 Å². The van der Waals surface area contributed by atoms with Crippen molar-refractivity contribution < 1.29 is 23.1 Å². The molecule has 0 rings (SSSR count). The van der Waals surface area contributed by atoms with E-state index in [0.29, 0.717) is 0 Å². The van der Waals surface area contributed by atoms with Crippen molar-refractivity contribution in [1.29, 1.82) is 0 Å². The van der Waals surface area contributed by atoms with Crippen LogP contribution in [0, 0.1) is 0 Å². The molecule has 0 aromatic heterocycles. The van der Waals surface area contributed by atoms with E-state index in [1.165, 1.54) is 0 Å². The highest BCUT2D eigenvalue weighted by Crippen LogP contribution is 2.24. The highest BCUT2D eigenvalue weighted by Gasteiger charge is 2.10. The van der Waals surface area contributed by atoms with Gasteiger partial charge >= 0.3 is 11.9 Å². The van der Waals surface area contributed by atoms with Crippen LogP contribution in [0.1, 0.15) is 26.7 Å². The minimum Gasteiger partial charge on any atom is -0.395 e. The molecule has 0 spiro atoms. The van der Waals surface area contributed by atoms with Gasteiger partial charge in [0.2, 0.25) is 0 Å². The van der Waals surface area contributed by atoms with Gasteiger partial charge in [0, 0.05) is 19.4 Å². The number of thiol groups is 1. The van der Waals surface area contributed by atoms with E-state index in [9.17, 15) is 9.59 Å². The van der Waals surface area contributed by atoms with Gasteiger partial charge in [-0.15, -0.1) is 0 Å². The topological polar surface area (TPSA) is 84.9 Å². The lowest BCUT2D eigenvalue weighted by molar-refractivity contribution is -0.136. The maximum atomic E-state index is 11.0. The van der Waals surface area contributed by atoms with Gasteiger partial charge < -0.3 is 13.5 Å². The van der Waals surface area contributed by atoms with Crippen molar-refractivity contribution in [1.82, 2.24) is 4.72 Å². The monoisotopic (exact) mass is 239 g/mol. The number of hydrogen-bond donors (Lipinski definition) is 3. The predicted octanol–water partition coefficient (Wildman–Crippen LogP) is 0.221. The summed E-state index contributed by atoms with van der Waals surface area (Å²) in [6.45, 7) is 3.37. The third-order valence-electron chi connectivity index (χ3n) is 1.30. The van der Waals surface area contributed by atoms with Gasteiger partial charge in [-0.3, -0.25) is 9.59 Å². The number of nitrogens with one attached hydrogen (secondary N) is 1. The van der Waals surface area contributed by atoms with Crippen LogP contribution in [0.3, 0.4) is 0 Å². The first-order valence-electron chi connectivity index (χ1n) is 4.70. The lowest BCUT2D eigenvalue weighted by atomic mass is 10.5. The summed E-state index contributed by atoms with van der Waals surface area (Å²) in [5.74, 6) is -0.897. The fourth-order valence-corrected chi connectivity index (χ4v) is 1.62. The molecule has 0 aromatic carbocycles. The first kappa shape index (κ1) is 14.2. The smallest absolute Gasteiger partial charge is 0.330 e. The van der Waals surface area contributed by atoms with Crippen LogP contribution >= 0.6 is 11.6 Å². The van der Waals surface area contributed by atoms with Crippen molar-refractivity contribution in [2.24, 2.45) is 0 Å². The molecule has 2 N–H and O–H groups in total. The number of carbonyl (C=O) groups excluding carboxylic acids is 2. The van der Waals surface area contributed by atoms with Gasteiger partial charge in [-0.25, -0.2) is 4.72 Å². The Morgan fingerprint density at radius 1 is 1.20 bits per heavy atom. The van der Waals surface area contributed by atoms with Gasteiger partial charge in [-0.1, -0.05) is 25.5 Å². The third-order valence-corrected chi connectivity index (χ3v) is 2.52. The van der Waals surface area contributed by atoms with E-state index in [4.69, 9.17) is 13.5 Å². The zero-order valence-corrected chi connectivity index (χ0v) is 9.75. The normalized spacial score (nSPS) is 10.7. The summed E-state index contributed by atoms with van der Waals surface area (Å²) in [5, 5.41) is 8.56. The van der Waals surface area contributed by atoms with E-state index in [0.717, 1.165) is 0 Å². The Morgan fingerprint density at radius 2 is 1.67 bits per heavy atom. The largest absolute Gasteiger partial charge is 0.395 e. The molecular formula is C8H17NO5S. The summed E-state index contributed by atoms with van der Waals surface area (Å²) >= 11 is -1.77. The molecule has 90 valence electrons. The second-order valence-electron chi connectivity index (χ2n) is 2.52. The van der Waals surface area contributed by atoms with Crippen LogP contribution in [-0.2, 0) is 18.0 Å². The number of carbonyl (C=O) groups is 2. The quantitative estimate of drug-likeness (QED) is 0.551. The van der Waals surface area contributed by atoms with E-state index >= 15 is 0 Å². The Hall–Kier alpha value is -0.790. The van der Waals surface area contributed by atoms with Crippen LogP contribution in [0.15, 0.2) is 0 Å². The number of aliphatic hydroxyl groups excluding tert-OH is 1. The van der Waals surface area contributed by atoms with Crippen LogP contribution in [0.2, 0.25) is 0 Å². The molecule has 0 aliphatic heterocycles. The molecule has 0 unspecified atom stereocenters. The molecular weight excluding hydrogens is 222 g/mol. The van der Waals surface area contributed by atoms with Gasteiger partial charge in [0.15, 0.2) is 0 Å². The van der Waals surface area contributed by atoms with Crippen LogP contribution in [0.4, 0.5) is 0 Å². The number of aliphatic hydroxyl groups is 1. The molecule has 0 aromatic rings. The summed E-state index contributed by atoms with van der Waals surface area (Å²) in [4.78, 5) is 21.9. The highest BCUT2D eigenvalue weighted by molar-refractivity contribution is 8.07. The van der Waals surface area contributed by atoms with E-state index in [2.05, 4.69) is 4.72 Å². The molecule has 0 saturated carbocycles. The summed E-state index contributed by atoms with van der Waals surface area (Å²) in [7, 11) is 0. The number of rotatable bonds is 7. The Bertz CT molecular complexity index is 193. The fourth-order valence-electron chi connectivity index (χ4n) is 0.539. The van der Waals surface area contributed by atoms with Gasteiger partial charge in [-0.05, 0) is 0 Å². The van der Waals surface area contributed by atoms with E-state index < -0.39 is 23.6 Å². The zero-order valence-electron chi connectivity index (χ0n) is 8.86. The summed E-state index contributed by atoms with van der Waals surface area (Å²) in [6.07, 6.45) is 0.423. The average Bonchev–Trinajstić information content (AvgIpc) is 2.25. The molecule has 7 heteroatoms. The van der Waals surface area contributed by atoms with Crippen molar-refractivity contribution in [3.63, 3.8) is 0 Å². The molecule has 0 saturated heterocycles. The standard InChI is InChI=1S/C8H17NO5S/c1-3-7(11)13-15(9-5-6-10)14-8(12)4-2/h9-10,15H,3-6H2,1-2H3. The van der Waals surface area contributed by atoms with E-state index in [1.54, 1.807) is 13.8 Å². The van der Waals surface area contributed by atoms with Crippen molar-refractivity contribution >= 4 is 23.6 Å². The number of hydrogen-bond acceptors (Lipinski definition) is 6. The van der Waals surface area contributed by atoms with Crippen LogP contribution in [-0.4, -0.2) is 30.2 Å². The summed E-state index contributed by atoms with van der Waals surface area (Å²) < 4.78 is 12.3. The Balaban J connectivity index is 4.05. The third kappa shape index (κ3) is 7.18. The molecule has 0 aliphatic rings. The minimum atomic E-state index is -1.77. The molecule has 0 radical (unpaired) electrons. The molecule has 0 aliphatic carbocycles. The van der Waals surface area contributed by atoms with Gasteiger partial charge in [0.05, 0.1) is 6.61 Å². The van der Waals surface area contributed by atoms with Crippen LogP contribution in [0.25, 0.3) is 0 Å². The lowest BCUT2D eigenvalue weighted by Gasteiger charge is -2.24. The average molecular weight is 239 g/mol. The maximum Gasteiger partial charge on any atom is 0.330 e. The summed E-state index contributed by atoms with van der Waals surface area (Å²) in [6, 6.07) is 0. The molecule has 0 fully saturated rings. The minimum absolute atomic E-state index is 0.119. The van der Waals surface area contributed by atoms with E-state index in [1.807, 2.05) is 0 Å². The molecule has 6 nitrogen and oxygen atoms in total. The van der Waals surface area contributed by atoms with Gasteiger partial charge in [0.1, 0.15) is 0 Å². The van der Waals surface area contributed by atoms with Crippen molar-refractivity contribution in [3.05, 3.63) is 0 Å². The molecule has 0 atom stereocenters. The fraction of sp³-hybridized carbons (Fsp3) is 0.750. The predicted molar refractivity (Wildman–Crippen MR) is 56.8 cm³/mol. The maximum absolute atomic E-state index is 11.0. The van der Waals surface area contributed by atoms with Crippen LogP contribution in [0.5, 0.6) is 0 Å². The first-order valence-corrected chi connectivity index (χ1v) is 5.87. The van der Waals surface area contributed by atoms with Crippen molar-refractivity contribution in [2.75, 3.05) is 13.2 Å². The summed E-state index contributed by atoms with van der Waals surface area (Å²) in [5.41, 5.74) is 0. The Morgan fingerprint density at radius 3 is 2.00 bits per heavy atom. The van der Waals surface area contributed by atoms with Gasteiger partial charge in [0.25, 0.3) is 0 Å². The van der Waals surface area contributed by atoms with Gasteiger partial charge in [-0.2, -0.15) is 0 Å². The second kappa shape index (κ2) is 8.51. The van der Waals surface area contributed by atoms with Crippen molar-refractivity contribution in [2.45, 2.75) is 26.7 Å². The Labute approximate surface area is 91.8 Å². The van der Waals surface area contributed by atoms with Crippen molar-refractivity contribution in [3.8, 4) is 0 Å². The molecule has 0 bridgehead atoms. The molecule has 0 amide bonds. The molecule has 15 heavy (non-hydrogen) atoms. The lowest BCUT2D eigenvalue weighted by Crippen LogP contribution is -2.21. The SMILES string of the molecule is CCC(=O)O[SH](NCCO)OC(=O)CC. The highest BCUT2D eigenvalue weighted by atomic mass is 32.2.